The molecule has 0 bridgehead atoms. The van der Waals surface area contributed by atoms with Gasteiger partial charge in [-0.15, -0.1) is 0 Å². The Morgan fingerprint density at radius 1 is 1.21 bits per heavy atom. The van der Waals surface area contributed by atoms with Gasteiger partial charge < -0.3 is 5.32 Å². The Balaban J connectivity index is 1.78. The van der Waals surface area contributed by atoms with Crippen molar-refractivity contribution >= 4 is 44.2 Å². The summed E-state index contributed by atoms with van der Waals surface area (Å²) in [5.74, 6) is -0.467. The fraction of sp³-hybridized carbons (Fsp3) is 0.200. The Labute approximate surface area is 173 Å². The smallest absolute Gasteiger partial charge is 0.280 e. The lowest BCUT2D eigenvalue weighted by molar-refractivity contribution is -0.120. The molecule has 1 aliphatic rings. The number of amides is 1. The van der Waals surface area contributed by atoms with Gasteiger partial charge in [0, 0.05) is 35.6 Å². The molecule has 0 saturated heterocycles. The van der Waals surface area contributed by atoms with Crippen LogP contribution < -0.4 is 10.0 Å². The fourth-order valence-electron chi connectivity index (χ4n) is 3.63. The average Bonchev–Trinajstić information content (AvgIpc) is 2.73. The van der Waals surface area contributed by atoms with Crippen LogP contribution >= 0.6 is 11.6 Å². The van der Waals surface area contributed by atoms with Crippen molar-refractivity contribution in [1.82, 2.24) is 14.0 Å². The SMILES string of the molecule is CNS(=O)(=O)N1CCc2ccc(Cl)cc2C1C(=O)Nc1cncc2ccccc12. The van der Waals surface area contributed by atoms with Gasteiger partial charge in [-0.3, -0.25) is 9.78 Å². The first-order valence-electron chi connectivity index (χ1n) is 9.03. The monoisotopic (exact) mass is 430 g/mol. The summed E-state index contributed by atoms with van der Waals surface area (Å²) in [4.78, 5) is 17.5. The maximum atomic E-state index is 13.3. The summed E-state index contributed by atoms with van der Waals surface area (Å²) in [5.41, 5.74) is 1.99. The number of pyridine rings is 1. The van der Waals surface area contributed by atoms with Crippen molar-refractivity contribution in [2.45, 2.75) is 12.5 Å². The Morgan fingerprint density at radius 2 is 2.00 bits per heavy atom. The maximum absolute atomic E-state index is 13.3. The third-order valence-electron chi connectivity index (χ3n) is 5.03. The van der Waals surface area contributed by atoms with Crippen molar-refractivity contribution in [1.29, 1.82) is 0 Å². The van der Waals surface area contributed by atoms with Gasteiger partial charge >= 0.3 is 0 Å². The molecule has 9 heteroatoms. The number of hydrogen-bond acceptors (Lipinski definition) is 4. The number of nitrogens with zero attached hydrogens (tertiary/aromatic N) is 2. The van der Waals surface area contributed by atoms with Gasteiger partial charge in [-0.05, 0) is 29.7 Å². The number of carbonyl (C=O) groups is 1. The van der Waals surface area contributed by atoms with Gasteiger partial charge in [-0.2, -0.15) is 12.7 Å². The van der Waals surface area contributed by atoms with Crippen LogP contribution in [0.1, 0.15) is 17.2 Å². The summed E-state index contributed by atoms with van der Waals surface area (Å²) in [6.07, 6.45) is 3.75. The molecule has 1 unspecified atom stereocenters. The van der Waals surface area contributed by atoms with E-state index in [1.807, 2.05) is 30.3 Å². The Kier molecular flexibility index (Phi) is 5.26. The van der Waals surface area contributed by atoms with Crippen LogP contribution in [0.25, 0.3) is 10.8 Å². The molecule has 1 amide bonds. The molecule has 2 aromatic carbocycles. The zero-order chi connectivity index (χ0) is 20.6. The largest absolute Gasteiger partial charge is 0.323 e. The lowest BCUT2D eigenvalue weighted by Gasteiger charge is -2.35. The first kappa shape index (κ1) is 19.8. The predicted octanol–water partition coefficient (Wildman–Crippen LogP) is 2.89. The van der Waals surface area contributed by atoms with Crippen LogP contribution in [-0.4, -0.2) is 37.2 Å². The fourth-order valence-corrected chi connectivity index (χ4v) is 4.86. The molecule has 7 nitrogen and oxygen atoms in total. The molecule has 1 aromatic heterocycles. The van der Waals surface area contributed by atoms with E-state index in [1.54, 1.807) is 24.5 Å². The highest BCUT2D eigenvalue weighted by Gasteiger charge is 2.39. The summed E-state index contributed by atoms with van der Waals surface area (Å²) in [5, 5.41) is 5.00. The van der Waals surface area contributed by atoms with Gasteiger partial charge in [0.2, 0.25) is 5.91 Å². The number of benzene rings is 2. The first-order chi connectivity index (χ1) is 13.9. The minimum atomic E-state index is -3.84. The molecule has 1 aliphatic heterocycles. The third-order valence-corrected chi connectivity index (χ3v) is 6.79. The Hall–Kier alpha value is -2.52. The molecular formula is C20H19ClN4O3S. The van der Waals surface area contributed by atoms with E-state index in [0.717, 1.165) is 16.3 Å². The van der Waals surface area contributed by atoms with Gasteiger partial charge in [-0.1, -0.05) is 41.9 Å². The average molecular weight is 431 g/mol. The van der Waals surface area contributed by atoms with Crippen LogP contribution in [-0.2, 0) is 21.4 Å². The number of anilines is 1. The molecule has 4 rings (SSSR count). The van der Waals surface area contributed by atoms with E-state index < -0.39 is 22.2 Å². The van der Waals surface area contributed by atoms with Gasteiger partial charge in [0.15, 0.2) is 0 Å². The number of nitrogens with one attached hydrogen (secondary N) is 2. The minimum absolute atomic E-state index is 0.184. The number of halogens is 1. The quantitative estimate of drug-likeness (QED) is 0.665. The second kappa shape index (κ2) is 7.72. The van der Waals surface area contributed by atoms with Crippen molar-refractivity contribution in [3.05, 3.63) is 71.0 Å². The van der Waals surface area contributed by atoms with Gasteiger partial charge in [0.1, 0.15) is 6.04 Å². The van der Waals surface area contributed by atoms with E-state index in [2.05, 4.69) is 15.0 Å². The highest BCUT2D eigenvalue weighted by Crippen LogP contribution is 2.34. The summed E-state index contributed by atoms with van der Waals surface area (Å²) in [7, 11) is -2.52. The molecule has 3 aromatic rings. The summed E-state index contributed by atoms with van der Waals surface area (Å²) in [6.45, 7) is 0.184. The molecule has 0 fully saturated rings. The Bertz CT molecular complexity index is 1190. The van der Waals surface area contributed by atoms with Crippen LogP contribution in [0.3, 0.4) is 0 Å². The number of rotatable bonds is 4. The van der Waals surface area contributed by atoms with E-state index in [0.29, 0.717) is 22.7 Å². The molecule has 2 N–H and O–H groups in total. The van der Waals surface area contributed by atoms with E-state index in [4.69, 9.17) is 11.6 Å². The molecular weight excluding hydrogens is 412 g/mol. The summed E-state index contributed by atoms with van der Waals surface area (Å²) < 4.78 is 28.7. The molecule has 29 heavy (non-hydrogen) atoms. The standard InChI is InChI=1S/C20H19ClN4O3S/c1-22-29(27,28)25-9-8-13-6-7-15(21)10-17(13)19(25)20(26)24-18-12-23-11-14-4-2-3-5-16(14)18/h2-7,10-12,19,22H,8-9H2,1H3,(H,24,26). The van der Waals surface area contributed by atoms with Crippen LogP contribution in [0.5, 0.6) is 0 Å². The molecule has 0 aliphatic carbocycles. The zero-order valence-electron chi connectivity index (χ0n) is 15.6. The zero-order valence-corrected chi connectivity index (χ0v) is 17.2. The second-order valence-electron chi connectivity index (χ2n) is 6.71. The molecule has 1 atom stereocenters. The van der Waals surface area contributed by atoms with Crippen LogP contribution in [0, 0.1) is 0 Å². The van der Waals surface area contributed by atoms with E-state index in [1.165, 1.54) is 11.4 Å². The maximum Gasteiger partial charge on any atom is 0.280 e. The third kappa shape index (κ3) is 3.72. The van der Waals surface area contributed by atoms with Gasteiger partial charge in [0.05, 0.1) is 11.9 Å². The highest BCUT2D eigenvalue weighted by molar-refractivity contribution is 7.87. The van der Waals surface area contributed by atoms with E-state index in [-0.39, 0.29) is 6.54 Å². The summed E-state index contributed by atoms with van der Waals surface area (Å²) in [6, 6.07) is 11.7. The van der Waals surface area contributed by atoms with Crippen molar-refractivity contribution in [2.24, 2.45) is 0 Å². The van der Waals surface area contributed by atoms with E-state index in [9.17, 15) is 13.2 Å². The molecule has 0 saturated carbocycles. The number of fused-ring (bicyclic) bond motifs is 2. The highest BCUT2D eigenvalue weighted by atomic mass is 35.5. The van der Waals surface area contributed by atoms with Crippen LogP contribution in [0.2, 0.25) is 5.02 Å². The summed E-state index contributed by atoms with van der Waals surface area (Å²) >= 11 is 6.16. The second-order valence-corrected chi connectivity index (χ2v) is 8.98. The number of hydrogen-bond donors (Lipinski definition) is 2. The lowest BCUT2D eigenvalue weighted by atomic mass is 9.93. The van der Waals surface area contributed by atoms with Gasteiger partial charge in [0.25, 0.3) is 10.2 Å². The van der Waals surface area contributed by atoms with Crippen molar-refractivity contribution in [2.75, 3.05) is 18.9 Å². The molecule has 2 heterocycles. The van der Waals surface area contributed by atoms with Crippen molar-refractivity contribution in [3.63, 3.8) is 0 Å². The topological polar surface area (TPSA) is 91.4 Å². The number of aromatic nitrogens is 1. The Morgan fingerprint density at radius 3 is 2.79 bits per heavy atom. The van der Waals surface area contributed by atoms with Crippen LogP contribution in [0.15, 0.2) is 54.9 Å². The molecule has 150 valence electrons. The van der Waals surface area contributed by atoms with Crippen LogP contribution in [0.4, 0.5) is 5.69 Å². The normalized spacial score (nSPS) is 17.1. The first-order valence-corrected chi connectivity index (χ1v) is 10.8. The van der Waals surface area contributed by atoms with Gasteiger partial charge in [-0.25, -0.2) is 4.72 Å². The lowest BCUT2D eigenvalue weighted by Crippen LogP contribution is -2.48. The van der Waals surface area contributed by atoms with Crippen molar-refractivity contribution < 1.29 is 13.2 Å². The predicted molar refractivity (Wildman–Crippen MR) is 113 cm³/mol. The van der Waals surface area contributed by atoms with Crippen molar-refractivity contribution in [3.8, 4) is 0 Å². The molecule has 0 spiro atoms. The minimum Gasteiger partial charge on any atom is -0.323 e. The van der Waals surface area contributed by atoms with E-state index >= 15 is 0 Å². The molecule has 0 radical (unpaired) electrons. The number of carbonyl (C=O) groups excluding carboxylic acids is 1.